The van der Waals surface area contributed by atoms with E-state index in [1.807, 2.05) is 11.6 Å². The van der Waals surface area contributed by atoms with E-state index in [-0.39, 0.29) is 0 Å². The smallest absolute Gasteiger partial charge is 0.133 e. The van der Waals surface area contributed by atoms with Gasteiger partial charge in [0.2, 0.25) is 0 Å². The maximum atomic E-state index is 5.29. The fourth-order valence-corrected chi connectivity index (χ4v) is 3.76. The molecule has 0 fully saturated rings. The first-order chi connectivity index (χ1) is 10.2. The van der Waals surface area contributed by atoms with Gasteiger partial charge < -0.3 is 10.1 Å². The molecule has 1 atom stereocenters. The van der Waals surface area contributed by atoms with E-state index >= 15 is 0 Å². The monoisotopic (exact) mass is 368 g/mol. The van der Waals surface area contributed by atoms with Crippen molar-refractivity contribution in [3.63, 3.8) is 0 Å². The Labute approximate surface area is 138 Å². The minimum atomic E-state index is 0.317. The summed E-state index contributed by atoms with van der Waals surface area (Å²) in [5.74, 6) is 0.866. The number of rotatable bonds is 7. The van der Waals surface area contributed by atoms with E-state index in [1.54, 1.807) is 18.4 Å². The summed E-state index contributed by atoms with van der Waals surface area (Å²) in [5, 5.41) is 3.63. The third kappa shape index (κ3) is 4.28. The molecule has 0 radical (unpaired) electrons. The number of halogens is 1. The fourth-order valence-electron chi connectivity index (χ4n) is 2.29. The van der Waals surface area contributed by atoms with Crippen LogP contribution in [0, 0.1) is 6.92 Å². The molecule has 3 nitrogen and oxygen atoms in total. The highest BCUT2D eigenvalue weighted by atomic mass is 79.9. The predicted molar refractivity (Wildman–Crippen MR) is 92.3 cm³/mol. The van der Waals surface area contributed by atoms with Gasteiger partial charge in [0.15, 0.2) is 0 Å². The second-order valence-electron chi connectivity index (χ2n) is 4.98. The molecule has 0 saturated heterocycles. The molecule has 1 aromatic heterocycles. The number of ether oxygens (including phenoxy) is 1. The zero-order valence-electron chi connectivity index (χ0n) is 12.6. The first-order valence-corrected chi connectivity index (χ1v) is 8.78. The Bertz CT molecular complexity index is 585. The Kier molecular flexibility index (Phi) is 6.21. The number of thiazole rings is 1. The molecule has 0 bridgehead atoms. The summed E-state index contributed by atoms with van der Waals surface area (Å²) < 4.78 is 6.29. The lowest BCUT2D eigenvalue weighted by molar-refractivity contribution is 0.412. The van der Waals surface area contributed by atoms with E-state index in [9.17, 15) is 0 Å². The molecule has 0 amide bonds. The van der Waals surface area contributed by atoms with Crippen LogP contribution in [0.5, 0.6) is 5.75 Å². The normalized spacial score (nSPS) is 12.4. The SMILES string of the molecule is CCCNC(Cc1ccc(OC)c(Br)c1)c1scnc1C. The zero-order valence-corrected chi connectivity index (χ0v) is 15.1. The second-order valence-corrected chi connectivity index (χ2v) is 6.72. The molecule has 0 saturated carbocycles. The highest BCUT2D eigenvalue weighted by molar-refractivity contribution is 9.10. The number of methoxy groups -OCH3 is 1. The van der Waals surface area contributed by atoms with E-state index in [4.69, 9.17) is 4.74 Å². The van der Waals surface area contributed by atoms with Crippen LogP contribution in [-0.2, 0) is 6.42 Å². The quantitative estimate of drug-likeness (QED) is 0.780. The lowest BCUT2D eigenvalue weighted by Gasteiger charge is -2.18. The molecule has 0 aliphatic rings. The lowest BCUT2D eigenvalue weighted by Crippen LogP contribution is -2.24. The molecule has 0 spiro atoms. The number of nitrogens with zero attached hydrogens (tertiary/aromatic N) is 1. The summed E-state index contributed by atoms with van der Waals surface area (Å²) in [7, 11) is 1.69. The van der Waals surface area contributed by atoms with Crippen LogP contribution in [0.1, 0.15) is 35.5 Å². The van der Waals surface area contributed by atoms with Crippen LogP contribution in [0.25, 0.3) is 0 Å². The Morgan fingerprint density at radius 3 is 2.81 bits per heavy atom. The van der Waals surface area contributed by atoms with Crippen molar-refractivity contribution in [2.75, 3.05) is 13.7 Å². The average molecular weight is 369 g/mol. The summed E-state index contributed by atoms with van der Waals surface area (Å²) in [6.07, 6.45) is 2.08. The van der Waals surface area contributed by atoms with Crippen LogP contribution >= 0.6 is 27.3 Å². The topological polar surface area (TPSA) is 34.1 Å². The Hall–Kier alpha value is -0.910. The standard InChI is InChI=1S/C16H21BrN2OS/c1-4-7-18-14(16-11(2)19-10-21-16)9-12-5-6-15(20-3)13(17)8-12/h5-6,8,10,14,18H,4,7,9H2,1-3H3. The van der Waals surface area contributed by atoms with Gasteiger partial charge in [0, 0.05) is 10.9 Å². The van der Waals surface area contributed by atoms with Gasteiger partial charge in [-0.2, -0.15) is 0 Å². The van der Waals surface area contributed by atoms with Gasteiger partial charge in [-0.1, -0.05) is 13.0 Å². The van der Waals surface area contributed by atoms with Crippen molar-refractivity contribution in [2.24, 2.45) is 0 Å². The number of aryl methyl sites for hydroxylation is 1. The van der Waals surface area contributed by atoms with Crippen LogP contribution in [0.3, 0.4) is 0 Å². The van der Waals surface area contributed by atoms with Crippen LogP contribution in [-0.4, -0.2) is 18.6 Å². The number of hydrogen-bond acceptors (Lipinski definition) is 4. The first-order valence-electron chi connectivity index (χ1n) is 7.11. The third-order valence-electron chi connectivity index (χ3n) is 3.40. The van der Waals surface area contributed by atoms with Gasteiger partial charge in [0.1, 0.15) is 5.75 Å². The van der Waals surface area contributed by atoms with Gasteiger partial charge >= 0.3 is 0 Å². The molecule has 114 valence electrons. The van der Waals surface area contributed by atoms with Crippen molar-refractivity contribution in [1.82, 2.24) is 10.3 Å². The number of aromatic nitrogens is 1. The first kappa shape index (κ1) is 16.5. The number of benzene rings is 1. The fraction of sp³-hybridized carbons (Fsp3) is 0.438. The van der Waals surface area contributed by atoms with Gasteiger partial charge in [-0.3, -0.25) is 0 Å². The van der Waals surface area contributed by atoms with Gasteiger partial charge in [0.25, 0.3) is 0 Å². The van der Waals surface area contributed by atoms with Crippen molar-refractivity contribution >= 4 is 27.3 Å². The second kappa shape index (κ2) is 7.92. The molecule has 1 unspecified atom stereocenters. The summed E-state index contributed by atoms with van der Waals surface area (Å²) >= 11 is 5.29. The minimum Gasteiger partial charge on any atom is -0.496 e. The van der Waals surface area contributed by atoms with E-state index in [2.05, 4.69) is 52.2 Å². The molecule has 0 aliphatic carbocycles. The molecule has 1 aromatic carbocycles. The highest BCUT2D eigenvalue weighted by Gasteiger charge is 2.16. The summed E-state index contributed by atoms with van der Waals surface area (Å²) in [5.41, 5.74) is 4.33. The Balaban J connectivity index is 2.18. The van der Waals surface area contributed by atoms with Crippen molar-refractivity contribution in [1.29, 1.82) is 0 Å². The number of hydrogen-bond donors (Lipinski definition) is 1. The third-order valence-corrected chi connectivity index (χ3v) is 5.06. The van der Waals surface area contributed by atoms with Crippen molar-refractivity contribution in [3.8, 4) is 5.75 Å². The molecule has 5 heteroatoms. The van der Waals surface area contributed by atoms with E-state index < -0.39 is 0 Å². The predicted octanol–water partition coefficient (Wildman–Crippen LogP) is 4.51. The lowest BCUT2D eigenvalue weighted by atomic mass is 10.0. The average Bonchev–Trinajstić information content (AvgIpc) is 2.90. The Morgan fingerprint density at radius 2 is 2.24 bits per heavy atom. The summed E-state index contributed by atoms with van der Waals surface area (Å²) in [6, 6.07) is 6.59. The van der Waals surface area contributed by atoms with Crippen molar-refractivity contribution < 1.29 is 4.74 Å². The van der Waals surface area contributed by atoms with Crippen LogP contribution in [0.4, 0.5) is 0 Å². The van der Waals surface area contributed by atoms with Gasteiger partial charge in [-0.25, -0.2) is 4.98 Å². The maximum Gasteiger partial charge on any atom is 0.133 e. The zero-order chi connectivity index (χ0) is 15.2. The van der Waals surface area contributed by atoms with E-state index in [0.29, 0.717) is 6.04 Å². The molecule has 1 N–H and O–H groups in total. The van der Waals surface area contributed by atoms with E-state index in [1.165, 1.54) is 10.4 Å². The molecule has 2 rings (SSSR count). The van der Waals surface area contributed by atoms with Crippen LogP contribution < -0.4 is 10.1 Å². The van der Waals surface area contributed by atoms with Gasteiger partial charge in [-0.05, 0) is 59.9 Å². The van der Waals surface area contributed by atoms with Crippen molar-refractivity contribution in [3.05, 3.63) is 44.3 Å². The molecular formula is C16H21BrN2OS. The van der Waals surface area contributed by atoms with Gasteiger partial charge in [0.05, 0.1) is 22.8 Å². The summed E-state index contributed by atoms with van der Waals surface area (Å²) in [4.78, 5) is 5.71. The van der Waals surface area contributed by atoms with Crippen LogP contribution in [0.2, 0.25) is 0 Å². The molecule has 0 aliphatic heterocycles. The maximum absolute atomic E-state index is 5.29. The Morgan fingerprint density at radius 1 is 1.43 bits per heavy atom. The van der Waals surface area contributed by atoms with Crippen molar-refractivity contribution in [2.45, 2.75) is 32.7 Å². The largest absolute Gasteiger partial charge is 0.496 e. The molecular weight excluding hydrogens is 348 g/mol. The molecule has 2 aromatic rings. The molecule has 21 heavy (non-hydrogen) atoms. The van der Waals surface area contributed by atoms with E-state index in [0.717, 1.165) is 35.3 Å². The molecule has 1 heterocycles. The minimum absolute atomic E-state index is 0.317. The van der Waals surface area contributed by atoms with Gasteiger partial charge in [-0.15, -0.1) is 11.3 Å². The summed E-state index contributed by atoms with van der Waals surface area (Å²) in [6.45, 7) is 5.28. The number of nitrogens with one attached hydrogen (secondary N) is 1. The highest BCUT2D eigenvalue weighted by Crippen LogP contribution is 2.29. The van der Waals surface area contributed by atoms with Crippen LogP contribution in [0.15, 0.2) is 28.2 Å².